The van der Waals surface area contributed by atoms with E-state index in [2.05, 4.69) is 13.8 Å². The molecule has 2 radical (unpaired) electrons. The van der Waals surface area contributed by atoms with Gasteiger partial charge in [0.25, 0.3) is 0 Å². The predicted molar refractivity (Wildman–Crippen MR) is 38.6 cm³/mol. The highest BCUT2D eigenvalue weighted by Gasteiger charge is 1.93. The van der Waals surface area contributed by atoms with Crippen LogP contribution in [0, 0.1) is 19.8 Å². The zero-order chi connectivity index (χ0) is 7.11. The summed E-state index contributed by atoms with van der Waals surface area (Å²) in [5, 5.41) is 0. The van der Waals surface area contributed by atoms with Crippen LogP contribution in [0.5, 0.6) is 0 Å². The van der Waals surface area contributed by atoms with Crippen LogP contribution in [0.2, 0.25) is 0 Å². The molecule has 0 spiro atoms. The van der Waals surface area contributed by atoms with Crippen LogP contribution < -0.4 is 0 Å². The molecule has 0 saturated carbocycles. The summed E-state index contributed by atoms with van der Waals surface area (Å²) in [6, 6.07) is 0. The van der Waals surface area contributed by atoms with E-state index in [1.165, 1.54) is 0 Å². The van der Waals surface area contributed by atoms with Gasteiger partial charge < -0.3 is 4.79 Å². The Morgan fingerprint density at radius 3 is 2.67 bits per heavy atom. The van der Waals surface area contributed by atoms with E-state index in [-0.39, 0.29) is 5.92 Å². The SMILES string of the molecule is [CH2]C=CC([CH2])CCC=O. The summed E-state index contributed by atoms with van der Waals surface area (Å²) in [7, 11) is 0. The number of aldehydes is 1. The molecule has 1 atom stereocenters. The van der Waals surface area contributed by atoms with Crippen molar-refractivity contribution in [1.29, 1.82) is 0 Å². The number of hydrogen-bond donors (Lipinski definition) is 0. The third kappa shape index (κ3) is 5.28. The molecule has 1 nitrogen and oxygen atoms in total. The first-order valence-corrected chi connectivity index (χ1v) is 3.04. The van der Waals surface area contributed by atoms with Gasteiger partial charge in [-0.3, -0.25) is 0 Å². The maximum Gasteiger partial charge on any atom is 0.120 e. The Morgan fingerprint density at radius 2 is 2.22 bits per heavy atom. The number of allylic oxidation sites excluding steroid dienone is 2. The van der Waals surface area contributed by atoms with Gasteiger partial charge in [-0.25, -0.2) is 0 Å². The van der Waals surface area contributed by atoms with E-state index in [9.17, 15) is 4.79 Å². The van der Waals surface area contributed by atoms with Crippen molar-refractivity contribution in [1.82, 2.24) is 0 Å². The zero-order valence-electron chi connectivity index (χ0n) is 5.55. The van der Waals surface area contributed by atoms with Crippen molar-refractivity contribution in [3.05, 3.63) is 26.0 Å². The fourth-order valence-electron chi connectivity index (χ4n) is 0.571. The van der Waals surface area contributed by atoms with Crippen LogP contribution >= 0.6 is 0 Å². The Morgan fingerprint density at radius 1 is 1.56 bits per heavy atom. The predicted octanol–water partition coefficient (Wildman–Crippen LogP) is 1.81. The monoisotopic (exact) mass is 124 g/mol. The Hall–Kier alpha value is -0.590. The molecule has 0 aromatic heterocycles. The Labute approximate surface area is 56.8 Å². The maximum atomic E-state index is 9.85. The molecule has 0 aliphatic rings. The van der Waals surface area contributed by atoms with Crippen molar-refractivity contribution in [2.24, 2.45) is 5.92 Å². The lowest BCUT2D eigenvalue weighted by Gasteiger charge is -1.99. The molecule has 0 bridgehead atoms. The van der Waals surface area contributed by atoms with E-state index >= 15 is 0 Å². The van der Waals surface area contributed by atoms with Crippen molar-refractivity contribution >= 4 is 6.29 Å². The molecule has 0 aromatic carbocycles. The second-order valence-corrected chi connectivity index (χ2v) is 1.93. The fraction of sp³-hybridized carbons (Fsp3) is 0.375. The van der Waals surface area contributed by atoms with Crippen LogP contribution in [0.3, 0.4) is 0 Å². The van der Waals surface area contributed by atoms with Crippen LogP contribution in [0.1, 0.15) is 12.8 Å². The van der Waals surface area contributed by atoms with E-state index in [0.717, 1.165) is 12.7 Å². The van der Waals surface area contributed by atoms with E-state index in [0.29, 0.717) is 6.42 Å². The number of rotatable bonds is 4. The maximum absolute atomic E-state index is 9.85. The first-order valence-electron chi connectivity index (χ1n) is 3.04. The van der Waals surface area contributed by atoms with Crippen LogP contribution in [-0.2, 0) is 4.79 Å². The van der Waals surface area contributed by atoms with Crippen LogP contribution in [0.15, 0.2) is 12.2 Å². The smallest absolute Gasteiger partial charge is 0.120 e. The Kier molecular flexibility index (Phi) is 5.18. The molecule has 1 heteroatoms. The van der Waals surface area contributed by atoms with Crippen LogP contribution in [0.4, 0.5) is 0 Å². The molecule has 0 aliphatic heterocycles. The molecule has 0 saturated heterocycles. The highest BCUT2D eigenvalue weighted by atomic mass is 16.1. The topological polar surface area (TPSA) is 17.1 Å². The molecule has 0 N–H and O–H groups in total. The van der Waals surface area contributed by atoms with E-state index < -0.39 is 0 Å². The molecular formula is C8H12O. The van der Waals surface area contributed by atoms with E-state index in [1.807, 2.05) is 6.08 Å². The summed E-state index contributed by atoms with van der Waals surface area (Å²) in [5.74, 6) is 0.243. The normalized spacial score (nSPS) is 14.0. The summed E-state index contributed by atoms with van der Waals surface area (Å²) in [4.78, 5) is 9.85. The average Bonchev–Trinajstić information content (AvgIpc) is 1.85. The average molecular weight is 124 g/mol. The van der Waals surface area contributed by atoms with Gasteiger partial charge in [0.1, 0.15) is 6.29 Å². The molecular weight excluding hydrogens is 112 g/mol. The molecule has 1 unspecified atom stereocenters. The first kappa shape index (κ1) is 8.41. The van der Waals surface area contributed by atoms with Gasteiger partial charge in [-0.2, -0.15) is 0 Å². The lowest BCUT2D eigenvalue weighted by atomic mass is 10.1. The molecule has 0 fully saturated rings. The fourth-order valence-corrected chi connectivity index (χ4v) is 0.571. The lowest BCUT2D eigenvalue weighted by molar-refractivity contribution is -0.108. The van der Waals surface area contributed by atoms with Gasteiger partial charge >= 0.3 is 0 Å². The third-order valence-electron chi connectivity index (χ3n) is 1.06. The van der Waals surface area contributed by atoms with Crippen molar-refractivity contribution in [3.63, 3.8) is 0 Å². The van der Waals surface area contributed by atoms with Crippen LogP contribution in [0.25, 0.3) is 0 Å². The minimum atomic E-state index is 0.243. The van der Waals surface area contributed by atoms with Gasteiger partial charge in [0.2, 0.25) is 0 Å². The second kappa shape index (κ2) is 5.54. The standard InChI is InChI=1S/C8H12O/c1-3-5-8(2)6-4-7-9/h3,5,7-8H,1-2,4,6H2. The van der Waals surface area contributed by atoms with E-state index in [4.69, 9.17) is 0 Å². The highest BCUT2D eigenvalue weighted by molar-refractivity contribution is 5.49. The molecule has 9 heavy (non-hydrogen) atoms. The van der Waals surface area contributed by atoms with E-state index in [1.54, 1.807) is 6.08 Å². The van der Waals surface area contributed by atoms with Crippen molar-refractivity contribution < 1.29 is 4.79 Å². The zero-order valence-corrected chi connectivity index (χ0v) is 5.55. The Balaban J connectivity index is 3.25. The van der Waals surface area contributed by atoms with Gasteiger partial charge in [0.05, 0.1) is 0 Å². The number of hydrogen-bond acceptors (Lipinski definition) is 1. The van der Waals surface area contributed by atoms with Crippen LogP contribution in [-0.4, -0.2) is 6.29 Å². The van der Waals surface area contributed by atoms with Gasteiger partial charge in [-0.05, 0) is 26.2 Å². The van der Waals surface area contributed by atoms with Crippen molar-refractivity contribution in [2.45, 2.75) is 12.8 Å². The van der Waals surface area contributed by atoms with Gasteiger partial charge in [-0.1, -0.05) is 12.2 Å². The Bertz CT molecular complexity index is 94.7. The molecule has 0 rings (SSSR count). The molecule has 0 amide bonds. The quantitative estimate of drug-likeness (QED) is 0.522. The summed E-state index contributed by atoms with van der Waals surface area (Å²) < 4.78 is 0. The van der Waals surface area contributed by atoms with Crippen molar-refractivity contribution in [2.75, 3.05) is 0 Å². The van der Waals surface area contributed by atoms with Gasteiger partial charge in [0, 0.05) is 6.42 Å². The summed E-state index contributed by atoms with van der Waals surface area (Å²) in [6.45, 7) is 7.30. The summed E-state index contributed by atoms with van der Waals surface area (Å²) >= 11 is 0. The van der Waals surface area contributed by atoms with Gasteiger partial charge in [-0.15, -0.1) is 0 Å². The molecule has 0 aromatic rings. The minimum absolute atomic E-state index is 0.243. The molecule has 0 aliphatic carbocycles. The summed E-state index contributed by atoms with van der Waals surface area (Å²) in [5.41, 5.74) is 0. The largest absolute Gasteiger partial charge is 0.303 e. The molecule has 50 valence electrons. The second-order valence-electron chi connectivity index (χ2n) is 1.93. The first-order chi connectivity index (χ1) is 4.31. The minimum Gasteiger partial charge on any atom is -0.303 e. The van der Waals surface area contributed by atoms with Gasteiger partial charge in [0.15, 0.2) is 0 Å². The number of carbonyl (C=O) groups excluding carboxylic acids is 1. The number of carbonyl (C=O) groups is 1. The molecule has 0 heterocycles. The third-order valence-corrected chi connectivity index (χ3v) is 1.06. The summed E-state index contributed by atoms with van der Waals surface area (Å²) in [6.07, 6.45) is 5.94. The van der Waals surface area contributed by atoms with Crippen molar-refractivity contribution in [3.8, 4) is 0 Å². The lowest BCUT2D eigenvalue weighted by Crippen LogP contribution is -1.89. The highest BCUT2D eigenvalue weighted by Crippen LogP contribution is 2.03.